The Morgan fingerprint density at radius 3 is 2.57 bits per heavy atom. The molecule has 0 fully saturated rings. The molecule has 28 heavy (non-hydrogen) atoms. The number of carbonyl (C=O) groups is 1. The van der Waals surface area contributed by atoms with Gasteiger partial charge in [0, 0.05) is 11.3 Å². The molecule has 146 valence electrons. The largest absolute Gasteiger partial charge is 0.497 e. The normalized spacial score (nSPS) is 11.8. The van der Waals surface area contributed by atoms with Crippen molar-refractivity contribution >= 4 is 17.7 Å². The minimum atomic E-state index is -0.441. The van der Waals surface area contributed by atoms with Crippen LogP contribution in [0.4, 0.5) is 0 Å². The van der Waals surface area contributed by atoms with Crippen molar-refractivity contribution in [3.63, 3.8) is 0 Å². The lowest BCUT2D eigenvalue weighted by Crippen LogP contribution is -2.23. The highest BCUT2D eigenvalue weighted by molar-refractivity contribution is 8.00. The topological polar surface area (TPSA) is 92.3 Å². The van der Waals surface area contributed by atoms with Crippen LogP contribution in [0, 0.1) is 0 Å². The number of hydrogen-bond acceptors (Lipinski definition) is 6. The zero-order valence-corrected chi connectivity index (χ0v) is 16.8. The van der Waals surface area contributed by atoms with E-state index in [1.165, 1.54) is 11.8 Å². The summed E-state index contributed by atoms with van der Waals surface area (Å²) in [5.74, 6) is 1.73. The van der Waals surface area contributed by atoms with Crippen LogP contribution in [-0.2, 0) is 4.79 Å². The third kappa shape index (κ3) is 4.28. The van der Waals surface area contributed by atoms with Crippen molar-refractivity contribution in [2.45, 2.75) is 24.3 Å². The fourth-order valence-electron chi connectivity index (χ4n) is 2.60. The zero-order chi connectivity index (χ0) is 20.1. The smallest absolute Gasteiger partial charge is 0.230 e. The van der Waals surface area contributed by atoms with E-state index in [4.69, 9.17) is 15.2 Å². The van der Waals surface area contributed by atoms with Crippen LogP contribution in [0.25, 0.3) is 17.1 Å². The van der Waals surface area contributed by atoms with Crippen LogP contribution in [-0.4, -0.2) is 39.6 Å². The van der Waals surface area contributed by atoms with Gasteiger partial charge in [0.15, 0.2) is 11.0 Å². The molecule has 0 radical (unpaired) electrons. The average molecular weight is 398 g/mol. The number of primary amides is 1. The number of amides is 1. The predicted octanol–water partition coefficient (Wildman–Crippen LogP) is 3.31. The maximum absolute atomic E-state index is 11.5. The van der Waals surface area contributed by atoms with Gasteiger partial charge in [0.25, 0.3) is 0 Å². The number of rotatable bonds is 8. The molecule has 0 bridgehead atoms. The van der Waals surface area contributed by atoms with Gasteiger partial charge in [0.1, 0.15) is 11.5 Å². The summed E-state index contributed by atoms with van der Waals surface area (Å²) in [4.78, 5) is 11.5. The van der Waals surface area contributed by atoms with Crippen molar-refractivity contribution in [1.82, 2.24) is 14.8 Å². The Labute approximate surface area is 167 Å². The van der Waals surface area contributed by atoms with Crippen LogP contribution in [0.5, 0.6) is 11.5 Å². The lowest BCUT2D eigenvalue weighted by Gasteiger charge is -2.13. The zero-order valence-electron chi connectivity index (χ0n) is 16.0. The van der Waals surface area contributed by atoms with Crippen LogP contribution in [0.3, 0.4) is 0 Å². The monoisotopic (exact) mass is 398 g/mol. The third-order valence-electron chi connectivity index (χ3n) is 4.05. The van der Waals surface area contributed by atoms with Crippen molar-refractivity contribution < 1.29 is 14.3 Å². The molecule has 1 aromatic heterocycles. The lowest BCUT2D eigenvalue weighted by atomic mass is 10.2. The number of ether oxygens (including phenoxy) is 2. The standard InChI is InChI=1S/C20H22N4O3S/c1-4-27-16-10-8-15(9-11-16)24-19(14-6-5-7-17(12-14)26-3)22-23-20(24)28-13(2)18(21)25/h5-13H,4H2,1-3H3,(H2,21,25). The van der Waals surface area contributed by atoms with Crippen molar-refractivity contribution in [3.05, 3.63) is 48.5 Å². The van der Waals surface area contributed by atoms with E-state index in [9.17, 15) is 4.79 Å². The molecule has 3 aromatic rings. The second-order valence-electron chi connectivity index (χ2n) is 5.96. The molecule has 2 aromatic carbocycles. The molecule has 3 rings (SSSR count). The number of nitrogens with zero attached hydrogens (tertiary/aromatic N) is 3. The summed E-state index contributed by atoms with van der Waals surface area (Å²) >= 11 is 1.27. The van der Waals surface area contributed by atoms with Gasteiger partial charge in [-0.2, -0.15) is 0 Å². The van der Waals surface area contributed by atoms with Crippen LogP contribution >= 0.6 is 11.8 Å². The fourth-order valence-corrected chi connectivity index (χ4v) is 3.42. The summed E-state index contributed by atoms with van der Waals surface area (Å²) in [5.41, 5.74) is 7.13. The molecule has 0 spiro atoms. The number of benzene rings is 2. The van der Waals surface area contributed by atoms with Crippen molar-refractivity contribution in [2.75, 3.05) is 13.7 Å². The molecular weight excluding hydrogens is 376 g/mol. The first kappa shape index (κ1) is 19.8. The number of methoxy groups -OCH3 is 1. The van der Waals surface area contributed by atoms with E-state index >= 15 is 0 Å². The van der Waals surface area contributed by atoms with Gasteiger partial charge >= 0.3 is 0 Å². The van der Waals surface area contributed by atoms with Gasteiger partial charge in [0.2, 0.25) is 5.91 Å². The minimum Gasteiger partial charge on any atom is -0.497 e. The summed E-state index contributed by atoms with van der Waals surface area (Å²) in [7, 11) is 1.62. The summed E-state index contributed by atoms with van der Waals surface area (Å²) in [6.07, 6.45) is 0. The molecule has 0 aliphatic rings. The van der Waals surface area contributed by atoms with Gasteiger partial charge < -0.3 is 15.2 Å². The number of carbonyl (C=O) groups excluding carboxylic acids is 1. The number of thioether (sulfide) groups is 1. The van der Waals surface area contributed by atoms with Crippen molar-refractivity contribution in [3.8, 4) is 28.6 Å². The molecule has 1 amide bonds. The molecule has 1 atom stereocenters. The quantitative estimate of drug-likeness (QED) is 0.585. The first-order chi connectivity index (χ1) is 13.5. The Bertz CT molecular complexity index is 956. The van der Waals surface area contributed by atoms with E-state index in [0.29, 0.717) is 17.6 Å². The Balaban J connectivity index is 2.09. The predicted molar refractivity (Wildman–Crippen MR) is 109 cm³/mol. The van der Waals surface area contributed by atoms with Gasteiger partial charge in [-0.3, -0.25) is 9.36 Å². The second-order valence-corrected chi connectivity index (χ2v) is 7.27. The SMILES string of the molecule is CCOc1ccc(-n2c(SC(C)C(N)=O)nnc2-c2cccc(OC)c2)cc1. The van der Waals surface area contributed by atoms with Gasteiger partial charge in [-0.15, -0.1) is 10.2 Å². The Kier molecular flexibility index (Phi) is 6.20. The molecule has 0 saturated heterocycles. The molecular formula is C20H22N4O3S. The van der Waals surface area contributed by atoms with Crippen LogP contribution in [0.2, 0.25) is 0 Å². The molecule has 1 unspecified atom stereocenters. The Hall–Kier alpha value is -3.00. The second kappa shape index (κ2) is 8.79. The Morgan fingerprint density at radius 1 is 1.18 bits per heavy atom. The maximum atomic E-state index is 11.5. The molecule has 2 N–H and O–H groups in total. The van der Waals surface area contributed by atoms with Crippen molar-refractivity contribution in [1.29, 1.82) is 0 Å². The summed E-state index contributed by atoms with van der Waals surface area (Å²) in [6, 6.07) is 15.2. The molecule has 8 heteroatoms. The summed E-state index contributed by atoms with van der Waals surface area (Å²) in [6.45, 7) is 4.28. The van der Waals surface area contributed by atoms with E-state index in [-0.39, 0.29) is 0 Å². The summed E-state index contributed by atoms with van der Waals surface area (Å²) < 4.78 is 12.8. The number of nitrogens with two attached hydrogens (primary N) is 1. The Morgan fingerprint density at radius 2 is 1.93 bits per heavy atom. The molecule has 0 saturated carbocycles. The molecule has 0 aliphatic heterocycles. The molecule has 0 aliphatic carbocycles. The fraction of sp³-hybridized carbons (Fsp3) is 0.250. The first-order valence-corrected chi connectivity index (χ1v) is 9.70. The molecule has 7 nitrogen and oxygen atoms in total. The van der Waals surface area contributed by atoms with Crippen LogP contribution in [0.15, 0.2) is 53.7 Å². The summed E-state index contributed by atoms with van der Waals surface area (Å²) in [5, 5.41) is 8.80. The number of aromatic nitrogens is 3. The van der Waals surface area contributed by atoms with Gasteiger partial charge in [-0.05, 0) is 50.2 Å². The van der Waals surface area contributed by atoms with Gasteiger partial charge in [-0.25, -0.2) is 0 Å². The lowest BCUT2D eigenvalue weighted by molar-refractivity contribution is -0.117. The highest BCUT2D eigenvalue weighted by Crippen LogP contribution is 2.31. The molecule has 1 heterocycles. The van der Waals surface area contributed by atoms with E-state index < -0.39 is 11.2 Å². The number of hydrogen-bond donors (Lipinski definition) is 1. The van der Waals surface area contributed by atoms with E-state index in [0.717, 1.165) is 22.7 Å². The van der Waals surface area contributed by atoms with E-state index in [2.05, 4.69) is 10.2 Å². The van der Waals surface area contributed by atoms with Crippen LogP contribution in [0.1, 0.15) is 13.8 Å². The highest BCUT2D eigenvalue weighted by Gasteiger charge is 2.20. The third-order valence-corrected chi connectivity index (χ3v) is 5.11. The van der Waals surface area contributed by atoms with Crippen molar-refractivity contribution in [2.24, 2.45) is 5.73 Å². The van der Waals surface area contributed by atoms with E-state index in [1.807, 2.05) is 60.0 Å². The highest BCUT2D eigenvalue weighted by atomic mass is 32.2. The average Bonchev–Trinajstić information content (AvgIpc) is 3.12. The first-order valence-electron chi connectivity index (χ1n) is 8.82. The van der Waals surface area contributed by atoms with Gasteiger partial charge in [0.05, 0.1) is 19.0 Å². The maximum Gasteiger partial charge on any atom is 0.230 e. The van der Waals surface area contributed by atoms with Gasteiger partial charge in [-0.1, -0.05) is 23.9 Å². The van der Waals surface area contributed by atoms with E-state index in [1.54, 1.807) is 14.0 Å². The van der Waals surface area contributed by atoms with Crippen LogP contribution < -0.4 is 15.2 Å². The minimum absolute atomic E-state index is 0.408.